The first-order valence-corrected chi connectivity index (χ1v) is 10.3. The lowest BCUT2D eigenvalue weighted by Crippen LogP contribution is -2.33. The molecule has 5 rings (SSSR count). The van der Waals surface area contributed by atoms with E-state index in [0.29, 0.717) is 4.47 Å². The van der Waals surface area contributed by atoms with Gasteiger partial charge >= 0.3 is 0 Å². The van der Waals surface area contributed by atoms with Crippen LogP contribution >= 0.6 is 15.9 Å². The lowest BCUT2D eigenvalue weighted by Gasteiger charge is -2.30. The highest BCUT2D eigenvalue weighted by molar-refractivity contribution is 9.10. The van der Waals surface area contributed by atoms with Crippen LogP contribution < -0.4 is 15.8 Å². The summed E-state index contributed by atoms with van der Waals surface area (Å²) in [5.74, 6) is -0.260. The lowest BCUT2D eigenvalue weighted by atomic mass is 10.1. The first-order chi connectivity index (χ1) is 13.7. The zero-order chi connectivity index (χ0) is 19.1. The molecule has 0 bridgehead atoms. The maximum absolute atomic E-state index is 14.6. The smallest absolute Gasteiger partial charge is 0.174 e. The van der Waals surface area contributed by atoms with Gasteiger partial charge < -0.3 is 9.47 Å². The maximum atomic E-state index is 14.6. The van der Waals surface area contributed by atoms with Crippen molar-refractivity contribution in [3.63, 3.8) is 0 Å². The van der Waals surface area contributed by atoms with Gasteiger partial charge in [0.25, 0.3) is 0 Å². The van der Waals surface area contributed by atoms with Crippen molar-refractivity contribution >= 4 is 32.5 Å². The molecule has 1 fully saturated rings. The number of nitrogens with one attached hydrogen (secondary N) is 2. The predicted octanol–water partition coefficient (Wildman–Crippen LogP) is 5.00. The Balaban J connectivity index is 1.84. The number of aromatic nitrogens is 1. The Hall–Kier alpha value is -2.61. The molecular formula is C20H20BrFN6. The molecule has 0 atom stereocenters. The first kappa shape index (κ1) is 17.5. The number of hydrogen-bond acceptors (Lipinski definition) is 5. The molecule has 3 aromatic rings. The van der Waals surface area contributed by atoms with Gasteiger partial charge in [0.05, 0.1) is 21.4 Å². The van der Waals surface area contributed by atoms with Crippen molar-refractivity contribution in [2.75, 3.05) is 18.0 Å². The van der Waals surface area contributed by atoms with Gasteiger partial charge in [0.2, 0.25) is 0 Å². The fraction of sp³-hybridized carbons (Fsp3) is 0.300. The molecule has 2 aromatic carbocycles. The average Bonchev–Trinajstić information content (AvgIpc) is 3.36. The maximum Gasteiger partial charge on any atom is 0.174 e. The van der Waals surface area contributed by atoms with Crippen LogP contribution in [0.3, 0.4) is 0 Å². The molecule has 1 saturated heterocycles. The van der Waals surface area contributed by atoms with Crippen molar-refractivity contribution in [2.45, 2.75) is 25.4 Å². The van der Waals surface area contributed by atoms with Gasteiger partial charge in [-0.25, -0.2) is 4.39 Å². The van der Waals surface area contributed by atoms with E-state index < -0.39 is 0 Å². The minimum absolute atomic E-state index is 0.260. The van der Waals surface area contributed by atoms with Crippen molar-refractivity contribution in [3.05, 3.63) is 58.4 Å². The molecule has 0 spiro atoms. The van der Waals surface area contributed by atoms with Gasteiger partial charge in [-0.05, 0) is 59.5 Å². The number of hydrogen-bond donors (Lipinski definition) is 2. The van der Waals surface area contributed by atoms with Crippen molar-refractivity contribution in [2.24, 2.45) is 10.4 Å². The highest BCUT2D eigenvalue weighted by Crippen LogP contribution is 2.42. The van der Waals surface area contributed by atoms with Gasteiger partial charge in [0, 0.05) is 24.2 Å². The summed E-state index contributed by atoms with van der Waals surface area (Å²) >= 11 is 3.37. The quantitative estimate of drug-likeness (QED) is 0.600. The molecule has 1 aromatic heterocycles. The molecule has 0 amide bonds. The molecule has 3 heterocycles. The Morgan fingerprint density at radius 3 is 2.43 bits per heavy atom. The number of fused-ring (bicyclic) bond motifs is 1. The summed E-state index contributed by atoms with van der Waals surface area (Å²) in [5.41, 5.74) is 10.1. The zero-order valence-corrected chi connectivity index (χ0v) is 16.8. The van der Waals surface area contributed by atoms with Gasteiger partial charge in [-0.1, -0.05) is 28.6 Å². The second kappa shape index (κ2) is 7.09. The summed E-state index contributed by atoms with van der Waals surface area (Å²) in [5, 5.41) is 8.73. The number of benzene rings is 2. The van der Waals surface area contributed by atoms with Crippen molar-refractivity contribution in [3.8, 4) is 5.69 Å². The molecule has 8 heteroatoms. The van der Waals surface area contributed by atoms with Crippen molar-refractivity contribution in [1.29, 1.82) is 0 Å². The summed E-state index contributed by atoms with van der Waals surface area (Å²) in [6.45, 7) is 1.92. The van der Waals surface area contributed by atoms with Crippen molar-refractivity contribution in [1.82, 2.24) is 15.4 Å². The van der Waals surface area contributed by atoms with E-state index in [4.69, 9.17) is 0 Å². The Morgan fingerprint density at radius 2 is 1.71 bits per heavy atom. The number of anilines is 1. The third-order valence-corrected chi connectivity index (χ3v) is 6.01. The van der Waals surface area contributed by atoms with E-state index in [9.17, 15) is 4.39 Å². The average molecular weight is 443 g/mol. The Labute approximate surface area is 170 Å². The van der Waals surface area contributed by atoms with E-state index in [1.807, 2.05) is 24.3 Å². The zero-order valence-electron chi connectivity index (χ0n) is 15.2. The van der Waals surface area contributed by atoms with E-state index in [1.165, 1.54) is 6.42 Å². The van der Waals surface area contributed by atoms with Crippen LogP contribution in [0.5, 0.6) is 0 Å². The van der Waals surface area contributed by atoms with E-state index in [-0.39, 0.29) is 12.0 Å². The van der Waals surface area contributed by atoms with Crippen LogP contribution in [-0.2, 0) is 0 Å². The summed E-state index contributed by atoms with van der Waals surface area (Å²) in [6.07, 6.45) is 3.22. The Morgan fingerprint density at radius 1 is 1.00 bits per heavy atom. The fourth-order valence-corrected chi connectivity index (χ4v) is 4.51. The SMILES string of the molecule is Fc1cc2c(N3CCCCC3)c(C3NN=NN3)n(-c3ccccc3)c2cc1Br. The molecule has 0 radical (unpaired) electrons. The topological polar surface area (TPSA) is 56.9 Å². The third kappa shape index (κ3) is 2.83. The van der Waals surface area contributed by atoms with Crippen LogP contribution in [0.25, 0.3) is 16.6 Å². The van der Waals surface area contributed by atoms with E-state index >= 15 is 0 Å². The summed E-state index contributed by atoms with van der Waals surface area (Å²) in [7, 11) is 0. The Kier molecular flexibility index (Phi) is 4.43. The molecule has 2 N–H and O–H groups in total. The fourth-order valence-electron chi connectivity index (χ4n) is 4.18. The summed E-state index contributed by atoms with van der Waals surface area (Å²) in [4.78, 5) is 2.37. The van der Waals surface area contributed by atoms with Gasteiger partial charge in [0.1, 0.15) is 5.82 Å². The van der Waals surface area contributed by atoms with E-state index in [2.05, 4.69) is 58.8 Å². The summed E-state index contributed by atoms with van der Waals surface area (Å²) < 4.78 is 17.2. The second-order valence-electron chi connectivity index (χ2n) is 7.13. The monoisotopic (exact) mass is 442 g/mol. The minimum Gasteiger partial charge on any atom is -0.369 e. The molecule has 28 heavy (non-hydrogen) atoms. The van der Waals surface area contributed by atoms with Crippen LogP contribution in [0.15, 0.2) is 57.4 Å². The van der Waals surface area contributed by atoms with Gasteiger partial charge in [-0.3, -0.25) is 10.9 Å². The predicted molar refractivity (Wildman–Crippen MR) is 111 cm³/mol. The highest BCUT2D eigenvalue weighted by atomic mass is 79.9. The number of rotatable bonds is 3. The normalized spacial score (nSPS) is 17.1. The number of nitrogens with zero attached hydrogens (tertiary/aromatic N) is 4. The lowest BCUT2D eigenvalue weighted by molar-refractivity contribution is 0.522. The Bertz CT molecular complexity index is 1030. The third-order valence-electron chi connectivity index (χ3n) is 5.40. The van der Waals surface area contributed by atoms with Crippen LogP contribution in [0.2, 0.25) is 0 Å². The molecule has 0 saturated carbocycles. The molecule has 6 nitrogen and oxygen atoms in total. The number of piperidine rings is 1. The van der Waals surface area contributed by atoms with Crippen LogP contribution in [0.1, 0.15) is 31.1 Å². The standard InChI is InChI=1S/C20H20BrFN6/c21-15-12-17-14(11-16(15)22)18(27-9-5-2-6-10-27)19(20-23-25-26-24-20)28(17)13-7-3-1-4-8-13/h1,3-4,7-8,11-12,20H,2,5-6,9-10H2,(H,23,26)(H,24,25). The molecule has 0 aliphatic carbocycles. The first-order valence-electron chi connectivity index (χ1n) is 9.48. The number of para-hydroxylation sites is 1. The molecule has 2 aliphatic rings. The molecule has 2 aliphatic heterocycles. The largest absolute Gasteiger partial charge is 0.369 e. The van der Waals surface area contributed by atoms with Crippen LogP contribution in [0.4, 0.5) is 10.1 Å². The van der Waals surface area contributed by atoms with Gasteiger partial charge in [-0.15, -0.1) is 0 Å². The van der Waals surface area contributed by atoms with Gasteiger partial charge in [-0.2, -0.15) is 0 Å². The molecular weight excluding hydrogens is 423 g/mol. The van der Waals surface area contributed by atoms with Crippen molar-refractivity contribution < 1.29 is 4.39 Å². The minimum atomic E-state index is -0.286. The number of halogens is 2. The summed E-state index contributed by atoms with van der Waals surface area (Å²) in [6, 6.07) is 13.6. The molecule has 144 valence electrons. The van der Waals surface area contributed by atoms with Crippen LogP contribution in [-0.4, -0.2) is 17.7 Å². The second-order valence-corrected chi connectivity index (χ2v) is 7.98. The highest BCUT2D eigenvalue weighted by Gasteiger charge is 2.31. The van der Waals surface area contributed by atoms with E-state index in [1.54, 1.807) is 6.07 Å². The van der Waals surface area contributed by atoms with E-state index in [0.717, 1.165) is 53.9 Å². The van der Waals surface area contributed by atoms with Crippen LogP contribution in [0, 0.1) is 5.82 Å². The van der Waals surface area contributed by atoms with Gasteiger partial charge in [0.15, 0.2) is 6.17 Å². The molecule has 0 unspecified atom stereocenters.